The van der Waals surface area contributed by atoms with Gasteiger partial charge < -0.3 is 30.8 Å². The lowest BCUT2D eigenvalue weighted by Gasteiger charge is -2.41. The lowest BCUT2D eigenvalue weighted by Crippen LogP contribution is -2.44. The number of carbonyl (C=O) groups excluding carboxylic acids is 1. The van der Waals surface area contributed by atoms with E-state index in [0.29, 0.717) is 53.1 Å². The summed E-state index contributed by atoms with van der Waals surface area (Å²) in [4.78, 5) is 18.4. The van der Waals surface area contributed by atoms with Gasteiger partial charge in [0.25, 0.3) is 5.91 Å². The summed E-state index contributed by atoms with van der Waals surface area (Å²) in [5, 5.41) is 14.9. The Morgan fingerprint density at radius 3 is 2.21 bits per heavy atom. The van der Waals surface area contributed by atoms with Gasteiger partial charge in [-0.05, 0) is 42.5 Å². The van der Waals surface area contributed by atoms with Crippen molar-refractivity contribution in [3.63, 3.8) is 0 Å². The number of rotatable bonds is 9. The summed E-state index contributed by atoms with van der Waals surface area (Å²) < 4.78 is 17.1. The molecule has 2 aliphatic rings. The van der Waals surface area contributed by atoms with Crippen molar-refractivity contribution in [3.05, 3.63) is 107 Å². The molecule has 0 unspecified atom stereocenters. The highest BCUT2D eigenvalue weighted by Crippen LogP contribution is 2.57. The molecule has 0 radical (unpaired) electrons. The van der Waals surface area contributed by atoms with Gasteiger partial charge in [-0.1, -0.05) is 30.3 Å². The number of anilines is 2. The minimum absolute atomic E-state index is 0.0188. The van der Waals surface area contributed by atoms with Crippen LogP contribution >= 0.6 is 0 Å². The molecule has 0 atom stereocenters. The monoisotopic (exact) mass is 563 g/mol. The van der Waals surface area contributed by atoms with Crippen LogP contribution in [-0.2, 0) is 10.3 Å². The fourth-order valence-electron chi connectivity index (χ4n) is 5.36. The molecule has 10 nitrogen and oxygen atoms in total. The van der Waals surface area contributed by atoms with Crippen LogP contribution in [0.3, 0.4) is 0 Å². The van der Waals surface area contributed by atoms with E-state index in [0.717, 1.165) is 16.7 Å². The summed E-state index contributed by atoms with van der Waals surface area (Å²) in [5.74, 6) is 1.46. The topological polar surface area (TPSA) is 145 Å². The number of aliphatic hydroxyl groups is 1. The van der Waals surface area contributed by atoms with Crippen molar-refractivity contribution in [2.75, 3.05) is 37.9 Å². The first kappa shape index (κ1) is 27.0. The third-order valence-electron chi connectivity index (χ3n) is 7.11. The largest absolute Gasteiger partial charge is 0.491 e. The summed E-state index contributed by atoms with van der Waals surface area (Å²) in [6.07, 6.45) is 3.04. The van der Waals surface area contributed by atoms with Crippen LogP contribution in [0.4, 0.5) is 17.1 Å². The molecule has 42 heavy (non-hydrogen) atoms. The lowest BCUT2D eigenvalue weighted by molar-refractivity contribution is 0.0675. The Balaban J connectivity index is 1.33. The smallest absolute Gasteiger partial charge is 0.275 e. The normalized spacial score (nSPS) is 14.7. The average molecular weight is 564 g/mol. The van der Waals surface area contributed by atoms with Gasteiger partial charge >= 0.3 is 0 Å². The van der Waals surface area contributed by atoms with Crippen LogP contribution in [0, 0.1) is 0 Å². The molecule has 0 saturated carbocycles. The number of aliphatic imine (C=N–C) groups is 1. The molecule has 0 saturated heterocycles. The summed E-state index contributed by atoms with van der Waals surface area (Å²) in [7, 11) is 0. The van der Waals surface area contributed by atoms with Crippen LogP contribution in [0.1, 0.15) is 27.0 Å². The number of aliphatic hydroxyl groups excluding tert-OH is 1. The summed E-state index contributed by atoms with van der Waals surface area (Å²) >= 11 is 0. The van der Waals surface area contributed by atoms with E-state index < -0.39 is 5.54 Å². The van der Waals surface area contributed by atoms with E-state index in [9.17, 15) is 4.79 Å². The molecule has 0 fully saturated rings. The van der Waals surface area contributed by atoms with Crippen LogP contribution in [0.25, 0.3) is 0 Å². The Morgan fingerprint density at radius 1 is 0.833 bits per heavy atom. The van der Waals surface area contributed by atoms with Crippen molar-refractivity contribution >= 4 is 35.4 Å². The first-order chi connectivity index (χ1) is 20.5. The second kappa shape index (κ2) is 11.4. The maximum absolute atomic E-state index is 13.9. The number of hydrogen-bond acceptors (Lipinski definition) is 9. The van der Waals surface area contributed by atoms with Gasteiger partial charge in [-0.2, -0.15) is 5.10 Å². The number of nitrogens with two attached hydrogens (primary N) is 2. The number of nitrogens with zero attached hydrogens (tertiary/aromatic N) is 3. The average Bonchev–Trinajstić information content (AvgIpc) is 3.23. The highest BCUT2D eigenvalue weighted by molar-refractivity contribution is 6.17. The molecule has 0 aliphatic carbocycles. The lowest BCUT2D eigenvalue weighted by atomic mass is 9.75. The number of hydrazone groups is 1. The molecule has 0 aromatic heterocycles. The molecular formula is C32H29N5O5. The molecular weight excluding hydrogens is 534 g/mol. The maximum atomic E-state index is 13.9. The van der Waals surface area contributed by atoms with Crippen molar-refractivity contribution in [1.82, 2.24) is 5.01 Å². The summed E-state index contributed by atoms with van der Waals surface area (Å²) in [6, 6.07) is 25.5. The molecule has 4 aromatic carbocycles. The summed E-state index contributed by atoms with van der Waals surface area (Å²) in [6.45, 7) is 1.03. The quantitative estimate of drug-likeness (QED) is 0.155. The van der Waals surface area contributed by atoms with E-state index >= 15 is 0 Å². The standard InChI is InChI=1S/C32H29N5O5/c33-21-5-11-27-29(19-21)42-30-20-22(34)6-12-28(30)32(27)26-4-2-1-3-25(26)31(39)37(32)36-14-13-35-23-7-9-24(10-8-23)41-18-17-40-16-15-38/h1-14,19-20,38H,15-18,33-34H2/b35-13+,36-14+. The number of benzene rings is 4. The number of carbonyl (C=O) groups is 1. The number of hydrogen-bond donors (Lipinski definition) is 3. The Morgan fingerprint density at radius 2 is 1.52 bits per heavy atom. The fourth-order valence-corrected chi connectivity index (χ4v) is 5.36. The van der Waals surface area contributed by atoms with E-state index in [1.807, 2.05) is 42.5 Å². The van der Waals surface area contributed by atoms with Crippen molar-refractivity contribution in [2.45, 2.75) is 5.54 Å². The molecule has 0 bridgehead atoms. The Kier molecular flexibility index (Phi) is 7.30. The second-order valence-electron chi connectivity index (χ2n) is 9.71. The number of ether oxygens (including phenoxy) is 3. The van der Waals surface area contributed by atoms with E-state index in [1.165, 1.54) is 17.4 Å². The predicted octanol–water partition coefficient (Wildman–Crippen LogP) is 4.48. The van der Waals surface area contributed by atoms with Crippen molar-refractivity contribution in [1.29, 1.82) is 0 Å². The molecule has 1 spiro atoms. The van der Waals surface area contributed by atoms with Crippen molar-refractivity contribution in [3.8, 4) is 17.2 Å². The zero-order valence-electron chi connectivity index (χ0n) is 22.6. The zero-order chi connectivity index (χ0) is 29.1. The molecule has 10 heteroatoms. The van der Waals surface area contributed by atoms with Gasteiger partial charge in [0.2, 0.25) is 0 Å². The Labute approximate surface area is 242 Å². The molecule has 2 aliphatic heterocycles. The molecule has 6 rings (SSSR count). The predicted molar refractivity (Wildman–Crippen MR) is 161 cm³/mol. The minimum atomic E-state index is -1.11. The van der Waals surface area contributed by atoms with Gasteiger partial charge in [0, 0.05) is 52.0 Å². The third-order valence-corrected chi connectivity index (χ3v) is 7.11. The van der Waals surface area contributed by atoms with Gasteiger partial charge in [0.05, 0.1) is 31.7 Å². The highest BCUT2D eigenvalue weighted by Gasteiger charge is 2.57. The maximum Gasteiger partial charge on any atom is 0.275 e. The Bertz CT molecular complexity index is 1630. The fraction of sp³-hybridized carbons (Fsp3) is 0.156. The van der Waals surface area contributed by atoms with E-state index in [2.05, 4.69) is 10.1 Å². The molecule has 1 amide bonds. The number of fused-ring (bicyclic) bond motifs is 6. The van der Waals surface area contributed by atoms with Gasteiger partial charge in [-0.25, -0.2) is 5.01 Å². The third kappa shape index (κ3) is 4.72. The van der Waals surface area contributed by atoms with E-state index in [-0.39, 0.29) is 19.1 Å². The molecule has 4 aromatic rings. The van der Waals surface area contributed by atoms with Gasteiger partial charge in [0.1, 0.15) is 29.4 Å². The summed E-state index contributed by atoms with van der Waals surface area (Å²) in [5.41, 5.74) is 15.7. The van der Waals surface area contributed by atoms with Crippen LogP contribution in [0.2, 0.25) is 0 Å². The second-order valence-corrected chi connectivity index (χ2v) is 9.71. The zero-order valence-corrected chi connectivity index (χ0v) is 22.6. The van der Waals surface area contributed by atoms with Crippen LogP contribution < -0.4 is 20.9 Å². The molecule has 2 heterocycles. The van der Waals surface area contributed by atoms with Crippen LogP contribution in [-0.4, -0.2) is 54.9 Å². The van der Waals surface area contributed by atoms with Gasteiger partial charge in [-0.15, -0.1) is 0 Å². The van der Waals surface area contributed by atoms with Crippen molar-refractivity contribution in [2.24, 2.45) is 10.1 Å². The Hall–Kier alpha value is -5.19. The SMILES string of the molecule is Nc1ccc2c(c1)Oc1cc(N)ccc1C21c2ccccc2C(=O)N1/N=C/C=N/c1ccc(OCCOCCO)cc1. The number of amides is 1. The molecule has 212 valence electrons. The minimum Gasteiger partial charge on any atom is -0.491 e. The first-order valence-corrected chi connectivity index (χ1v) is 13.4. The van der Waals surface area contributed by atoms with Gasteiger partial charge in [0.15, 0.2) is 0 Å². The van der Waals surface area contributed by atoms with Gasteiger partial charge in [-0.3, -0.25) is 9.79 Å². The number of nitrogen functional groups attached to an aromatic ring is 2. The first-order valence-electron chi connectivity index (χ1n) is 13.4. The van der Waals surface area contributed by atoms with Crippen LogP contribution in [0.15, 0.2) is 95.0 Å². The van der Waals surface area contributed by atoms with Crippen molar-refractivity contribution < 1.29 is 24.1 Å². The molecule has 5 N–H and O–H groups in total. The van der Waals surface area contributed by atoms with E-state index in [4.69, 9.17) is 30.8 Å². The highest BCUT2D eigenvalue weighted by atomic mass is 16.5. The van der Waals surface area contributed by atoms with Crippen LogP contribution in [0.5, 0.6) is 17.2 Å². The van der Waals surface area contributed by atoms with E-state index in [1.54, 1.807) is 42.5 Å².